The highest BCUT2D eigenvalue weighted by molar-refractivity contribution is 6.09. The highest BCUT2D eigenvalue weighted by atomic mass is 16.3. The van der Waals surface area contributed by atoms with Crippen molar-refractivity contribution in [2.75, 3.05) is 4.90 Å². The minimum absolute atomic E-state index is 0.182. The van der Waals surface area contributed by atoms with Crippen molar-refractivity contribution in [3.05, 3.63) is 248 Å². The van der Waals surface area contributed by atoms with Crippen LogP contribution in [-0.4, -0.2) is 0 Å². The molecular weight excluding hydrogens is 787 g/mol. The number of fused-ring (bicyclic) bond motifs is 6. The molecule has 65 heavy (non-hydrogen) atoms. The van der Waals surface area contributed by atoms with Crippen LogP contribution in [0.1, 0.15) is 25.0 Å². The molecule has 11 aromatic rings. The summed E-state index contributed by atoms with van der Waals surface area (Å²) in [5, 5.41) is 2.29. The Bertz CT molecular complexity index is 3510. The first-order valence-electron chi connectivity index (χ1n) is 22.5. The van der Waals surface area contributed by atoms with E-state index in [4.69, 9.17) is 4.42 Å². The van der Waals surface area contributed by atoms with Crippen LogP contribution in [0.2, 0.25) is 0 Å². The van der Waals surface area contributed by atoms with Crippen molar-refractivity contribution in [2.45, 2.75) is 19.3 Å². The van der Waals surface area contributed by atoms with E-state index in [-0.39, 0.29) is 5.41 Å². The van der Waals surface area contributed by atoms with Crippen LogP contribution in [0.25, 0.3) is 88.7 Å². The van der Waals surface area contributed by atoms with Gasteiger partial charge >= 0.3 is 0 Å². The predicted octanol–water partition coefficient (Wildman–Crippen LogP) is 17.7. The van der Waals surface area contributed by atoms with Crippen LogP contribution >= 0.6 is 0 Å². The summed E-state index contributed by atoms with van der Waals surface area (Å²) in [6, 6.07) is 85.8. The summed E-state index contributed by atoms with van der Waals surface area (Å²) in [5.41, 5.74) is 22.2. The predicted molar refractivity (Wildman–Crippen MR) is 273 cm³/mol. The summed E-state index contributed by atoms with van der Waals surface area (Å²) in [6.45, 7) is 4.74. The Morgan fingerprint density at radius 1 is 0.308 bits per heavy atom. The lowest BCUT2D eigenvalue weighted by atomic mass is 9.81. The molecule has 12 rings (SSSR count). The molecule has 1 heterocycles. The molecule has 1 aromatic heterocycles. The molecule has 0 radical (unpaired) electrons. The summed E-state index contributed by atoms with van der Waals surface area (Å²) in [7, 11) is 0. The van der Waals surface area contributed by atoms with E-state index in [1.54, 1.807) is 0 Å². The molecule has 308 valence electrons. The lowest BCUT2D eigenvalue weighted by molar-refractivity contribution is 0.660. The maximum Gasteiger partial charge on any atom is 0.143 e. The number of hydrogen-bond acceptors (Lipinski definition) is 2. The Labute approximate surface area is 380 Å². The molecule has 0 atom stereocenters. The molecule has 10 aromatic carbocycles. The van der Waals surface area contributed by atoms with Crippen LogP contribution in [0.15, 0.2) is 241 Å². The van der Waals surface area contributed by atoms with Gasteiger partial charge in [0.1, 0.15) is 11.2 Å². The zero-order valence-electron chi connectivity index (χ0n) is 36.4. The van der Waals surface area contributed by atoms with Gasteiger partial charge in [-0.05, 0) is 121 Å². The number of rotatable bonds is 8. The molecule has 0 unspecified atom stereocenters. The molecular formula is C63H45NO. The van der Waals surface area contributed by atoms with Gasteiger partial charge in [0.2, 0.25) is 0 Å². The number of furan rings is 1. The molecule has 0 spiro atoms. The first-order valence-corrected chi connectivity index (χ1v) is 22.5. The van der Waals surface area contributed by atoms with Crippen LogP contribution in [0.4, 0.5) is 17.1 Å². The first kappa shape index (κ1) is 38.5. The quantitative estimate of drug-likeness (QED) is 0.152. The van der Waals surface area contributed by atoms with Gasteiger partial charge in [-0.1, -0.05) is 202 Å². The molecule has 0 saturated carbocycles. The van der Waals surface area contributed by atoms with E-state index < -0.39 is 0 Å². The van der Waals surface area contributed by atoms with Crippen molar-refractivity contribution >= 4 is 39.0 Å². The van der Waals surface area contributed by atoms with Crippen LogP contribution in [0.5, 0.6) is 0 Å². The second kappa shape index (κ2) is 15.6. The van der Waals surface area contributed by atoms with E-state index in [1.807, 2.05) is 12.1 Å². The summed E-state index contributed by atoms with van der Waals surface area (Å²) in [5.74, 6) is 0. The highest BCUT2D eigenvalue weighted by Gasteiger charge is 2.36. The maximum absolute atomic E-state index is 6.38. The van der Waals surface area contributed by atoms with Gasteiger partial charge in [-0.25, -0.2) is 0 Å². The number of anilines is 3. The Balaban J connectivity index is 0.894. The molecule has 1 aliphatic carbocycles. The average Bonchev–Trinajstić information content (AvgIpc) is 3.86. The lowest BCUT2D eigenvalue weighted by Crippen LogP contribution is -2.16. The highest BCUT2D eigenvalue weighted by Crippen LogP contribution is 2.52. The third-order valence-electron chi connectivity index (χ3n) is 13.5. The fourth-order valence-electron chi connectivity index (χ4n) is 10.0. The van der Waals surface area contributed by atoms with Crippen LogP contribution in [0.3, 0.4) is 0 Å². The van der Waals surface area contributed by atoms with Crippen molar-refractivity contribution in [2.24, 2.45) is 0 Å². The summed E-state index contributed by atoms with van der Waals surface area (Å²) in [4.78, 5) is 2.40. The van der Waals surface area contributed by atoms with Gasteiger partial charge in [0.25, 0.3) is 0 Å². The molecule has 2 heteroatoms. The second-order valence-electron chi connectivity index (χ2n) is 17.7. The standard InChI is InChI=1S/C63H45NO/c1-63(2)59-40-50(43-14-7-4-8-15-43)32-38-55(59)56-39-37-53(41-60(56)63)64(51-33-28-47(29-34-51)45-22-20-44(21-23-45)42-12-5-3-6-13-42)52-35-30-48(31-36-52)46-24-26-49(27-25-46)54-17-11-18-58-57-16-9-10-19-61(57)65-62(54)58/h3-41H,1-2H3. The van der Waals surface area contributed by atoms with Crippen molar-refractivity contribution in [3.8, 4) is 66.8 Å². The van der Waals surface area contributed by atoms with Crippen molar-refractivity contribution in [1.82, 2.24) is 0 Å². The molecule has 0 saturated heterocycles. The van der Waals surface area contributed by atoms with Gasteiger partial charge < -0.3 is 9.32 Å². The van der Waals surface area contributed by atoms with Crippen molar-refractivity contribution in [1.29, 1.82) is 0 Å². The summed E-state index contributed by atoms with van der Waals surface area (Å²) >= 11 is 0. The van der Waals surface area contributed by atoms with Crippen LogP contribution in [-0.2, 0) is 5.41 Å². The smallest absolute Gasteiger partial charge is 0.143 e. The van der Waals surface area contributed by atoms with Gasteiger partial charge in [-0.3, -0.25) is 0 Å². The van der Waals surface area contributed by atoms with Gasteiger partial charge in [-0.2, -0.15) is 0 Å². The molecule has 0 amide bonds. The third-order valence-corrected chi connectivity index (χ3v) is 13.5. The van der Waals surface area contributed by atoms with Gasteiger partial charge in [0.05, 0.1) is 0 Å². The minimum Gasteiger partial charge on any atom is -0.455 e. The maximum atomic E-state index is 6.38. The van der Waals surface area contributed by atoms with Crippen molar-refractivity contribution < 1.29 is 4.42 Å². The summed E-state index contributed by atoms with van der Waals surface area (Å²) in [6.07, 6.45) is 0. The molecule has 1 aliphatic rings. The molecule has 0 N–H and O–H groups in total. The van der Waals surface area contributed by atoms with E-state index in [2.05, 4.69) is 243 Å². The number of para-hydroxylation sites is 2. The van der Waals surface area contributed by atoms with E-state index >= 15 is 0 Å². The van der Waals surface area contributed by atoms with E-state index in [0.717, 1.165) is 61.3 Å². The largest absolute Gasteiger partial charge is 0.455 e. The Morgan fingerprint density at radius 3 is 1.31 bits per heavy atom. The molecule has 2 nitrogen and oxygen atoms in total. The topological polar surface area (TPSA) is 16.4 Å². The van der Waals surface area contributed by atoms with Gasteiger partial charge in [0.15, 0.2) is 0 Å². The van der Waals surface area contributed by atoms with E-state index in [0.29, 0.717) is 0 Å². The van der Waals surface area contributed by atoms with Gasteiger partial charge in [0, 0.05) is 38.8 Å². The zero-order valence-corrected chi connectivity index (χ0v) is 36.4. The van der Waals surface area contributed by atoms with E-state index in [1.165, 1.54) is 55.6 Å². The number of hydrogen-bond donors (Lipinski definition) is 0. The Hall–Kier alpha value is -8.20. The van der Waals surface area contributed by atoms with Crippen molar-refractivity contribution in [3.63, 3.8) is 0 Å². The zero-order chi connectivity index (χ0) is 43.5. The minimum atomic E-state index is -0.182. The van der Waals surface area contributed by atoms with Crippen LogP contribution < -0.4 is 4.90 Å². The fraction of sp³-hybridized carbons (Fsp3) is 0.0476. The van der Waals surface area contributed by atoms with E-state index in [9.17, 15) is 0 Å². The molecule has 0 bridgehead atoms. The monoisotopic (exact) mass is 831 g/mol. The Morgan fingerprint density at radius 2 is 0.723 bits per heavy atom. The fourth-order valence-corrected chi connectivity index (χ4v) is 10.0. The number of benzene rings is 10. The van der Waals surface area contributed by atoms with Crippen LogP contribution in [0, 0.1) is 0 Å². The lowest BCUT2D eigenvalue weighted by Gasteiger charge is -2.28. The third kappa shape index (κ3) is 6.74. The Kier molecular flexibility index (Phi) is 9.21. The molecule has 0 fully saturated rings. The van der Waals surface area contributed by atoms with Gasteiger partial charge in [-0.15, -0.1) is 0 Å². The normalized spacial score (nSPS) is 12.6. The average molecular weight is 832 g/mol. The summed E-state index contributed by atoms with van der Waals surface area (Å²) < 4.78 is 6.38. The number of nitrogens with zero attached hydrogens (tertiary/aromatic N) is 1. The second-order valence-corrected chi connectivity index (χ2v) is 17.7. The molecule has 0 aliphatic heterocycles. The first-order chi connectivity index (χ1) is 32.0. The SMILES string of the molecule is CC1(C)c2cc(-c3ccccc3)ccc2-c2ccc(N(c3ccc(-c4ccc(-c5ccccc5)cc4)cc3)c3ccc(-c4ccc(-c5cccc6c5oc5ccccc56)cc4)cc3)cc21.